The second kappa shape index (κ2) is 7.61. The van der Waals surface area contributed by atoms with Gasteiger partial charge in [0.1, 0.15) is 6.04 Å². The molecule has 2 bridgehead atoms. The van der Waals surface area contributed by atoms with E-state index in [4.69, 9.17) is 4.74 Å². The van der Waals surface area contributed by atoms with Gasteiger partial charge in [-0.25, -0.2) is 4.79 Å². The summed E-state index contributed by atoms with van der Waals surface area (Å²) in [5.74, 6) is -1.69. The minimum absolute atomic E-state index is 0.226. The molecule has 4 rings (SSSR count). The van der Waals surface area contributed by atoms with Crippen molar-refractivity contribution in [3.05, 3.63) is 35.9 Å². The van der Waals surface area contributed by atoms with E-state index in [-0.39, 0.29) is 41.5 Å². The molecule has 7 heteroatoms. The minimum Gasteiger partial charge on any atom is -0.454 e. The highest BCUT2D eigenvalue weighted by molar-refractivity contribution is 6.08. The first-order valence-corrected chi connectivity index (χ1v) is 10.3. The number of imide groups is 1. The van der Waals surface area contributed by atoms with Crippen molar-refractivity contribution in [3.8, 4) is 0 Å². The van der Waals surface area contributed by atoms with E-state index in [1.807, 2.05) is 37.3 Å². The second-order valence-electron chi connectivity index (χ2n) is 8.41. The molecule has 0 aromatic heterocycles. The number of benzene rings is 1. The van der Waals surface area contributed by atoms with Gasteiger partial charge in [-0.2, -0.15) is 0 Å². The summed E-state index contributed by atoms with van der Waals surface area (Å²) in [4.78, 5) is 51.2. The molecule has 0 unspecified atom stereocenters. The molecule has 1 N–H and O–H groups in total. The molecule has 1 aliphatic heterocycles. The topological polar surface area (TPSA) is 92.8 Å². The van der Waals surface area contributed by atoms with Gasteiger partial charge in [-0.15, -0.1) is 0 Å². The predicted molar refractivity (Wildman–Crippen MR) is 103 cm³/mol. The van der Waals surface area contributed by atoms with Crippen molar-refractivity contribution < 1.29 is 23.9 Å². The van der Waals surface area contributed by atoms with Crippen LogP contribution in [0.4, 0.5) is 0 Å². The zero-order valence-corrected chi connectivity index (χ0v) is 16.7. The Balaban J connectivity index is 1.31. The van der Waals surface area contributed by atoms with Crippen molar-refractivity contribution in [2.75, 3.05) is 6.61 Å². The predicted octanol–water partition coefficient (Wildman–Crippen LogP) is 1.83. The largest absolute Gasteiger partial charge is 0.454 e. The molecule has 29 heavy (non-hydrogen) atoms. The zero-order valence-electron chi connectivity index (χ0n) is 16.7. The maximum Gasteiger partial charge on any atom is 0.329 e. The first kappa shape index (κ1) is 19.6. The summed E-state index contributed by atoms with van der Waals surface area (Å²) in [6, 6.07) is 8.20. The van der Waals surface area contributed by atoms with Crippen LogP contribution in [-0.2, 0) is 23.9 Å². The van der Waals surface area contributed by atoms with Crippen LogP contribution >= 0.6 is 0 Å². The van der Waals surface area contributed by atoms with Crippen LogP contribution in [0, 0.1) is 23.7 Å². The molecule has 1 aromatic rings. The van der Waals surface area contributed by atoms with Gasteiger partial charge < -0.3 is 10.1 Å². The van der Waals surface area contributed by atoms with Crippen LogP contribution in [0.5, 0.6) is 0 Å². The molecule has 3 aliphatic rings. The third-order valence-electron chi connectivity index (χ3n) is 6.71. The van der Waals surface area contributed by atoms with Gasteiger partial charge >= 0.3 is 5.97 Å². The third-order valence-corrected chi connectivity index (χ3v) is 6.71. The Morgan fingerprint density at radius 1 is 1.07 bits per heavy atom. The Morgan fingerprint density at radius 2 is 1.66 bits per heavy atom. The average Bonchev–Trinajstić information content (AvgIpc) is 3.40. The summed E-state index contributed by atoms with van der Waals surface area (Å²) in [7, 11) is 0. The van der Waals surface area contributed by atoms with Gasteiger partial charge in [-0.1, -0.05) is 30.3 Å². The number of hydrogen-bond donors (Lipinski definition) is 1. The van der Waals surface area contributed by atoms with Crippen LogP contribution in [0.3, 0.4) is 0 Å². The minimum atomic E-state index is -1.01. The highest BCUT2D eigenvalue weighted by Crippen LogP contribution is 2.56. The maximum absolute atomic E-state index is 12.8. The number of nitrogens with zero attached hydrogens (tertiary/aromatic N) is 1. The monoisotopic (exact) mass is 398 g/mol. The van der Waals surface area contributed by atoms with E-state index in [9.17, 15) is 19.2 Å². The van der Waals surface area contributed by atoms with Crippen LogP contribution in [0.25, 0.3) is 0 Å². The van der Waals surface area contributed by atoms with E-state index in [1.165, 1.54) is 6.92 Å². The molecule has 2 saturated carbocycles. The van der Waals surface area contributed by atoms with Gasteiger partial charge in [0, 0.05) is 0 Å². The van der Waals surface area contributed by atoms with Gasteiger partial charge in [0.15, 0.2) is 6.61 Å². The lowest BCUT2D eigenvalue weighted by atomic mass is 9.81. The lowest BCUT2D eigenvalue weighted by molar-refractivity contribution is -0.160. The molecule has 1 saturated heterocycles. The standard InChI is InChI=1S/C22H26N2O5/c1-12(14-6-4-3-5-7-14)23-17(25)11-29-22(28)13(2)24-20(26)18-15-8-9-16(10-15)19(18)21(24)27/h3-7,12-13,15-16,18-19H,8-11H2,1-2H3,(H,23,25)/t12-,13-,15-,16-,18+,19+/m0/s1. The van der Waals surface area contributed by atoms with E-state index < -0.39 is 24.5 Å². The maximum atomic E-state index is 12.8. The zero-order chi connectivity index (χ0) is 20.7. The summed E-state index contributed by atoms with van der Waals surface area (Å²) in [6.07, 6.45) is 2.91. The van der Waals surface area contributed by atoms with Gasteiger partial charge in [0.25, 0.3) is 5.91 Å². The van der Waals surface area contributed by atoms with Gasteiger partial charge in [0.05, 0.1) is 17.9 Å². The first-order valence-electron chi connectivity index (χ1n) is 10.3. The number of likely N-dealkylation sites (tertiary alicyclic amines) is 1. The summed E-state index contributed by atoms with van der Waals surface area (Å²) >= 11 is 0. The molecular formula is C22H26N2O5. The molecule has 0 radical (unpaired) electrons. The summed E-state index contributed by atoms with van der Waals surface area (Å²) in [5.41, 5.74) is 0.940. The number of nitrogens with one attached hydrogen (secondary N) is 1. The van der Waals surface area contributed by atoms with E-state index in [0.29, 0.717) is 0 Å². The lowest BCUT2D eigenvalue weighted by Gasteiger charge is -2.23. The molecular weight excluding hydrogens is 372 g/mol. The summed E-state index contributed by atoms with van der Waals surface area (Å²) in [5, 5.41) is 2.77. The average molecular weight is 398 g/mol. The molecule has 154 valence electrons. The van der Waals surface area contributed by atoms with E-state index >= 15 is 0 Å². The fourth-order valence-corrected chi connectivity index (χ4v) is 5.28. The molecule has 0 spiro atoms. The number of carbonyl (C=O) groups excluding carboxylic acids is 4. The summed E-state index contributed by atoms with van der Waals surface area (Å²) < 4.78 is 5.11. The Morgan fingerprint density at radius 3 is 2.24 bits per heavy atom. The van der Waals surface area contributed by atoms with Gasteiger partial charge in [-0.05, 0) is 50.5 Å². The normalized spacial score (nSPS) is 29.5. The molecule has 1 heterocycles. The number of rotatable bonds is 6. The second-order valence-corrected chi connectivity index (χ2v) is 8.41. The Kier molecular flexibility index (Phi) is 5.15. The fourth-order valence-electron chi connectivity index (χ4n) is 5.28. The van der Waals surface area contributed by atoms with E-state index in [0.717, 1.165) is 29.7 Å². The molecule has 1 aromatic carbocycles. The van der Waals surface area contributed by atoms with E-state index in [2.05, 4.69) is 5.32 Å². The smallest absolute Gasteiger partial charge is 0.329 e. The first-order chi connectivity index (χ1) is 13.9. The molecule has 7 nitrogen and oxygen atoms in total. The van der Waals surface area contributed by atoms with Crippen molar-refractivity contribution in [3.63, 3.8) is 0 Å². The van der Waals surface area contributed by atoms with Crippen molar-refractivity contribution in [2.24, 2.45) is 23.7 Å². The van der Waals surface area contributed by atoms with E-state index in [1.54, 1.807) is 0 Å². The molecule has 6 atom stereocenters. The van der Waals surface area contributed by atoms with Crippen LogP contribution in [0.1, 0.15) is 44.7 Å². The highest BCUT2D eigenvalue weighted by Gasteiger charge is 2.62. The molecule has 3 amide bonds. The van der Waals surface area contributed by atoms with Crippen molar-refractivity contribution in [2.45, 2.75) is 45.2 Å². The van der Waals surface area contributed by atoms with Crippen LogP contribution in [0.2, 0.25) is 0 Å². The van der Waals surface area contributed by atoms with Crippen molar-refractivity contribution >= 4 is 23.7 Å². The number of ether oxygens (including phenoxy) is 1. The quantitative estimate of drug-likeness (QED) is 0.583. The summed E-state index contributed by atoms with van der Waals surface area (Å²) in [6.45, 7) is 2.88. The number of hydrogen-bond acceptors (Lipinski definition) is 5. The Hall–Kier alpha value is -2.70. The van der Waals surface area contributed by atoms with Crippen molar-refractivity contribution in [1.29, 1.82) is 0 Å². The Bertz CT molecular complexity index is 811. The number of esters is 1. The third kappa shape index (κ3) is 3.43. The molecule has 2 aliphatic carbocycles. The van der Waals surface area contributed by atoms with Crippen LogP contribution in [-0.4, -0.2) is 41.2 Å². The lowest BCUT2D eigenvalue weighted by Crippen LogP contribution is -2.46. The van der Waals surface area contributed by atoms with Gasteiger partial charge in [-0.3, -0.25) is 19.3 Å². The fraction of sp³-hybridized carbons (Fsp3) is 0.545. The molecule has 3 fully saturated rings. The number of carbonyl (C=O) groups is 4. The van der Waals surface area contributed by atoms with Crippen LogP contribution < -0.4 is 5.32 Å². The Labute approximate surface area is 169 Å². The van der Waals surface area contributed by atoms with Crippen molar-refractivity contribution in [1.82, 2.24) is 10.2 Å². The SMILES string of the molecule is C[C@H](NC(=O)COC(=O)[C@H](C)N1C(=O)[C@@H]2[C@H]3CC[C@@H](C3)[C@H]2C1=O)c1ccccc1. The number of fused-ring (bicyclic) bond motifs is 5. The van der Waals surface area contributed by atoms with Crippen LogP contribution in [0.15, 0.2) is 30.3 Å². The number of amides is 3. The van der Waals surface area contributed by atoms with Gasteiger partial charge in [0.2, 0.25) is 11.8 Å². The highest BCUT2D eigenvalue weighted by atomic mass is 16.5.